The standard InChI is InChI=1S/C28H37N5O4Si/c1-17(2)38(18(3)4,19(5)6)33-13-10-11-22(33)25(35)37-14-12-20-15-21-23(29-16-20)30-27(31-24(21)34)32-26(36)28(7,8)9/h10-11,13,15-19H,1-9H3,(H2,29,30,31,32,34,36). The molecule has 0 atom stereocenters. The van der Waals surface area contributed by atoms with Gasteiger partial charge in [-0.2, -0.15) is 4.98 Å². The minimum absolute atomic E-state index is 0.0227. The van der Waals surface area contributed by atoms with E-state index >= 15 is 0 Å². The van der Waals surface area contributed by atoms with Crippen LogP contribution in [-0.4, -0.2) is 39.3 Å². The van der Waals surface area contributed by atoms with Crippen LogP contribution in [0.3, 0.4) is 0 Å². The summed E-state index contributed by atoms with van der Waals surface area (Å²) < 4.78 is 7.49. The molecular weight excluding hydrogens is 498 g/mol. The number of nitrogens with zero attached hydrogens (tertiary/aromatic N) is 3. The van der Waals surface area contributed by atoms with E-state index in [1.54, 1.807) is 26.8 Å². The molecule has 3 aromatic heterocycles. The third-order valence-electron chi connectivity index (χ3n) is 6.96. The number of aromatic amines is 1. The maximum absolute atomic E-state index is 13.1. The van der Waals surface area contributed by atoms with Gasteiger partial charge in [0, 0.05) is 17.2 Å². The monoisotopic (exact) mass is 535 g/mol. The second kappa shape index (κ2) is 11.0. The predicted molar refractivity (Wildman–Crippen MR) is 151 cm³/mol. The molecule has 3 heterocycles. The second-order valence-corrected chi connectivity index (χ2v) is 17.2. The van der Waals surface area contributed by atoms with Gasteiger partial charge in [-0.05, 0) is 46.9 Å². The quantitative estimate of drug-likeness (QED) is 0.251. The van der Waals surface area contributed by atoms with Crippen LogP contribution in [0.1, 0.15) is 78.4 Å². The van der Waals surface area contributed by atoms with Crippen molar-refractivity contribution in [2.45, 2.75) is 78.9 Å². The average molecular weight is 536 g/mol. The lowest BCUT2D eigenvalue weighted by molar-refractivity contribution is -0.123. The molecule has 0 radical (unpaired) electrons. The zero-order valence-corrected chi connectivity index (χ0v) is 24.6. The highest BCUT2D eigenvalue weighted by molar-refractivity contribution is 6.82. The van der Waals surface area contributed by atoms with E-state index in [0.717, 1.165) is 0 Å². The van der Waals surface area contributed by atoms with E-state index in [4.69, 9.17) is 4.74 Å². The molecule has 3 rings (SSSR count). The summed E-state index contributed by atoms with van der Waals surface area (Å²) in [5.41, 5.74) is 1.14. The largest absolute Gasteiger partial charge is 0.368 e. The van der Waals surface area contributed by atoms with E-state index in [9.17, 15) is 14.4 Å². The van der Waals surface area contributed by atoms with Crippen LogP contribution in [-0.2, 0) is 9.53 Å². The summed E-state index contributed by atoms with van der Waals surface area (Å²) in [5.74, 6) is 1.96. The lowest BCUT2D eigenvalue weighted by atomic mass is 9.96. The molecule has 0 aliphatic heterocycles. The van der Waals surface area contributed by atoms with Crippen LogP contribution < -0.4 is 10.9 Å². The van der Waals surface area contributed by atoms with E-state index in [0.29, 0.717) is 27.9 Å². The fourth-order valence-electron chi connectivity index (χ4n) is 5.35. The number of amides is 1. The van der Waals surface area contributed by atoms with Gasteiger partial charge in [-0.1, -0.05) is 62.3 Å². The maximum Gasteiger partial charge on any atom is 0.368 e. The van der Waals surface area contributed by atoms with Crippen molar-refractivity contribution in [3.63, 3.8) is 0 Å². The molecule has 0 spiro atoms. The van der Waals surface area contributed by atoms with Crippen molar-refractivity contribution in [3.8, 4) is 12.0 Å². The number of rotatable bonds is 6. The van der Waals surface area contributed by atoms with Crippen LogP contribution in [0.25, 0.3) is 11.0 Å². The first-order chi connectivity index (χ1) is 17.7. The Morgan fingerprint density at radius 1 is 1.11 bits per heavy atom. The molecule has 3 aromatic rings. The Hall–Kier alpha value is -3.71. The number of hydrogen-bond donors (Lipinski definition) is 2. The Bertz CT molecular complexity index is 1450. The molecule has 1 amide bonds. The summed E-state index contributed by atoms with van der Waals surface area (Å²) in [6.07, 6.45) is 5.89. The molecule has 9 nitrogen and oxygen atoms in total. The number of nitrogens with one attached hydrogen (secondary N) is 2. The third-order valence-corrected chi connectivity index (χ3v) is 13.7. The van der Waals surface area contributed by atoms with Gasteiger partial charge in [-0.3, -0.25) is 19.9 Å². The Labute approximate surface area is 224 Å². The number of ether oxygens (including phenoxy) is 1. The van der Waals surface area contributed by atoms with Crippen molar-refractivity contribution in [1.29, 1.82) is 0 Å². The number of aromatic nitrogens is 4. The molecule has 0 aromatic carbocycles. The molecule has 0 aliphatic rings. The molecule has 0 fully saturated rings. The Morgan fingerprint density at radius 2 is 1.74 bits per heavy atom. The van der Waals surface area contributed by atoms with Crippen molar-refractivity contribution < 1.29 is 14.3 Å². The molecule has 10 heteroatoms. The number of H-pyrrole nitrogens is 1. The number of esters is 1. The minimum atomic E-state index is -2.14. The normalized spacial score (nSPS) is 12.1. The van der Waals surface area contributed by atoms with Gasteiger partial charge in [-0.15, -0.1) is 0 Å². The number of carbonyl (C=O) groups excluding carboxylic acids is 2. The fourth-order valence-corrected chi connectivity index (χ4v) is 11.9. The fraction of sp³-hybridized carbons (Fsp3) is 0.464. The molecule has 202 valence electrons. The molecule has 0 saturated heterocycles. The zero-order valence-electron chi connectivity index (χ0n) is 23.6. The summed E-state index contributed by atoms with van der Waals surface area (Å²) in [5, 5.41) is 2.80. The molecule has 0 bridgehead atoms. The van der Waals surface area contributed by atoms with Gasteiger partial charge in [0.1, 0.15) is 11.8 Å². The third kappa shape index (κ3) is 5.58. The smallest absolute Gasteiger partial charge is 0.368 e. The summed E-state index contributed by atoms with van der Waals surface area (Å²) >= 11 is 0. The van der Waals surface area contributed by atoms with Gasteiger partial charge in [0.2, 0.25) is 11.9 Å². The summed E-state index contributed by atoms with van der Waals surface area (Å²) in [6, 6.07) is 5.17. The average Bonchev–Trinajstić information content (AvgIpc) is 3.28. The predicted octanol–water partition coefficient (Wildman–Crippen LogP) is 5.29. The van der Waals surface area contributed by atoms with Crippen molar-refractivity contribution in [2.24, 2.45) is 5.41 Å². The van der Waals surface area contributed by atoms with Crippen molar-refractivity contribution in [3.05, 3.63) is 52.2 Å². The summed E-state index contributed by atoms with van der Waals surface area (Å²) in [7, 11) is -2.14. The highest BCUT2D eigenvalue weighted by Gasteiger charge is 2.46. The summed E-state index contributed by atoms with van der Waals surface area (Å²) in [4.78, 5) is 48.8. The number of pyridine rings is 1. The Balaban J connectivity index is 1.85. The highest BCUT2D eigenvalue weighted by atomic mass is 28.3. The van der Waals surface area contributed by atoms with Gasteiger partial charge in [0.25, 0.3) is 5.56 Å². The molecule has 38 heavy (non-hydrogen) atoms. The molecule has 2 N–H and O–H groups in total. The molecule has 0 unspecified atom stereocenters. The van der Waals surface area contributed by atoms with Gasteiger partial charge >= 0.3 is 5.97 Å². The van der Waals surface area contributed by atoms with Gasteiger partial charge in [-0.25, -0.2) is 9.78 Å². The first-order valence-electron chi connectivity index (χ1n) is 12.8. The first kappa shape index (κ1) is 28.9. The molecule has 0 saturated carbocycles. The minimum Gasteiger partial charge on any atom is -0.368 e. The zero-order chi connectivity index (χ0) is 28.4. The lowest BCUT2D eigenvalue weighted by Crippen LogP contribution is -2.52. The number of fused-ring (bicyclic) bond motifs is 1. The Morgan fingerprint density at radius 3 is 2.32 bits per heavy atom. The first-order valence-corrected chi connectivity index (χ1v) is 15.0. The van der Waals surface area contributed by atoms with Crippen LogP contribution in [0.4, 0.5) is 5.95 Å². The van der Waals surface area contributed by atoms with Crippen molar-refractivity contribution in [1.82, 2.24) is 19.2 Å². The van der Waals surface area contributed by atoms with Gasteiger partial charge in [0.05, 0.1) is 5.39 Å². The second-order valence-electron chi connectivity index (χ2n) is 11.4. The van der Waals surface area contributed by atoms with Crippen LogP contribution in [0.5, 0.6) is 0 Å². The number of hydrogen-bond acceptors (Lipinski definition) is 6. The van der Waals surface area contributed by atoms with Crippen molar-refractivity contribution >= 4 is 37.1 Å². The van der Waals surface area contributed by atoms with Gasteiger partial charge < -0.3 is 8.97 Å². The lowest BCUT2D eigenvalue weighted by Gasteiger charge is -2.44. The van der Waals surface area contributed by atoms with E-state index in [-0.39, 0.29) is 22.9 Å². The Kier molecular flexibility index (Phi) is 8.32. The number of anilines is 1. The molecular formula is C28H37N5O4Si. The SMILES string of the molecule is CC(C)[Si](C(C)C)(C(C)C)n1cccc1C(=O)OC#Cc1cnc2nc(NC(=O)C(C)(C)C)[nH]c(=O)c2c1. The van der Waals surface area contributed by atoms with Crippen LogP contribution in [0, 0.1) is 17.4 Å². The van der Waals surface area contributed by atoms with Gasteiger partial charge in [0.15, 0.2) is 13.9 Å². The number of carbonyl (C=O) groups is 2. The topological polar surface area (TPSA) is 119 Å². The van der Waals surface area contributed by atoms with Crippen LogP contribution in [0.2, 0.25) is 16.6 Å². The molecule has 0 aliphatic carbocycles. The van der Waals surface area contributed by atoms with E-state index in [1.165, 1.54) is 12.3 Å². The highest BCUT2D eigenvalue weighted by Crippen LogP contribution is 2.43. The van der Waals surface area contributed by atoms with E-state index < -0.39 is 25.2 Å². The van der Waals surface area contributed by atoms with Crippen LogP contribution >= 0.6 is 0 Å². The van der Waals surface area contributed by atoms with E-state index in [1.807, 2.05) is 12.3 Å². The van der Waals surface area contributed by atoms with E-state index in [2.05, 4.69) is 78.1 Å². The maximum atomic E-state index is 13.1. The summed E-state index contributed by atoms with van der Waals surface area (Å²) in [6.45, 7) is 18.6. The van der Waals surface area contributed by atoms with Crippen molar-refractivity contribution in [2.75, 3.05) is 5.32 Å². The van der Waals surface area contributed by atoms with Crippen LogP contribution in [0.15, 0.2) is 35.4 Å².